The highest BCUT2D eigenvalue weighted by molar-refractivity contribution is 6.34. The van der Waals surface area contributed by atoms with E-state index in [1.54, 1.807) is 6.20 Å². The zero-order chi connectivity index (χ0) is 11.8. The molecule has 1 saturated heterocycles. The molecule has 0 spiro atoms. The van der Waals surface area contributed by atoms with Crippen molar-refractivity contribution in [3.05, 3.63) is 23.5 Å². The molecule has 17 heavy (non-hydrogen) atoms. The first-order chi connectivity index (χ1) is 8.25. The van der Waals surface area contributed by atoms with Crippen LogP contribution in [0.2, 0.25) is 5.02 Å². The fourth-order valence-corrected chi connectivity index (χ4v) is 2.77. The highest BCUT2D eigenvalue weighted by Gasteiger charge is 2.21. The van der Waals surface area contributed by atoms with Crippen LogP contribution in [0.4, 0.5) is 5.69 Å². The lowest BCUT2D eigenvalue weighted by Gasteiger charge is -2.33. The van der Waals surface area contributed by atoms with E-state index in [1.807, 2.05) is 12.3 Å². The number of H-pyrrole nitrogens is 1. The molecule has 0 radical (unpaired) electrons. The van der Waals surface area contributed by atoms with Crippen LogP contribution in [0.3, 0.4) is 0 Å². The predicted octanol–water partition coefficient (Wildman–Crippen LogP) is 2.14. The van der Waals surface area contributed by atoms with Crippen molar-refractivity contribution in [2.75, 3.05) is 18.0 Å². The topological polar surface area (TPSA) is 57.9 Å². The summed E-state index contributed by atoms with van der Waals surface area (Å²) in [6, 6.07) is 2.26. The summed E-state index contributed by atoms with van der Waals surface area (Å²) in [6.45, 7) is 1.88. The number of nitrogens with one attached hydrogen (secondary N) is 1. The van der Waals surface area contributed by atoms with E-state index < -0.39 is 0 Å². The predicted molar refractivity (Wildman–Crippen MR) is 70.5 cm³/mol. The monoisotopic (exact) mass is 250 g/mol. The Labute approximate surface area is 105 Å². The summed E-state index contributed by atoms with van der Waals surface area (Å²) in [5.74, 6) is 0. The SMILES string of the molecule is N[C@@H]1CCCN(c2c(Cl)cnc3[nH]ccc23)C1. The van der Waals surface area contributed by atoms with Crippen molar-refractivity contribution in [1.82, 2.24) is 9.97 Å². The largest absolute Gasteiger partial charge is 0.368 e. The van der Waals surface area contributed by atoms with Gasteiger partial charge in [0.2, 0.25) is 0 Å². The molecule has 2 aromatic heterocycles. The molecule has 3 N–H and O–H groups in total. The van der Waals surface area contributed by atoms with Crippen LogP contribution in [-0.2, 0) is 0 Å². The number of aromatic nitrogens is 2. The maximum absolute atomic E-state index is 6.28. The number of aromatic amines is 1. The minimum atomic E-state index is 0.238. The molecule has 0 bridgehead atoms. The third kappa shape index (κ3) is 1.87. The molecule has 4 nitrogen and oxygen atoms in total. The highest BCUT2D eigenvalue weighted by atomic mass is 35.5. The number of fused-ring (bicyclic) bond motifs is 1. The normalized spacial score (nSPS) is 21.1. The van der Waals surface area contributed by atoms with Crippen molar-refractivity contribution in [1.29, 1.82) is 0 Å². The Morgan fingerprint density at radius 3 is 3.24 bits per heavy atom. The minimum absolute atomic E-state index is 0.238. The van der Waals surface area contributed by atoms with E-state index in [-0.39, 0.29) is 6.04 Å². The van der Waals surface area contributed by atoms with Crippen LogP contribution >= 0.6 is 11.6 Å². The van der Waals surface area contributed by atoms with Crippen LogP contribution in [0.5, 0.6) is 0 Å². The Kier molecular flexibility index (Phi) is 2.68. The van der Waals surface area contributed by atoms with Crippen LogP contribution < -0.4 is 10.6 Å². The molecule has 1 fully saturated rings. The molecular weight excluding hydrogens is 236 g/mol. The van der Waals surface area contributed by atoms with Crippen molar-refractivity contribution in [2.45, 2.75) is 18.9 Å². The molecule has 90 valence electrons. The Morgan fingerprint density at radius 2 is 2.41 bits per heavy atom. The lowest BCUT2D eigenvalue weighted by Crippen LogP contribution is -2.43. The third-order valence-electron chi connectivity index (χ3n) is 3.29. The quantitative estimate of drug-likeness (QED) is 0.815. The van der Waals surface area contributed by atoms with Gasteiger partial charge >= 0.3 is 0 Å². The minimum Gasteiger partial charge on any atom is -0.368 e. The molecule has 3 heterocycles. The number of pyridine rings is 1. The van der Waals surface area contributed by atoms with Gasteiger partial charge in [0.05, 0.1) is 16.9 Å². The van der Waals surface area contributed by atoms with Crippen LogP contribution in [0.1, 0.15) is 12.8 Å². The molecule has 1 aliphatic heterocycles. The second-order valence-corrected chi connectivity index (χ2v) is 4.95. The Balaban J connectivity index is 2.08. The number of hydrogen-bond donors (Lipinski definition) is 2. The molecule has 0 unspecified atom stereocenters. The standard InChI is InChI=1S/C12H15ClN4/c13-10-6-16-12-9(3-4-15-12)11(10)17-5-1-2-8(14)7-17/h3-4,6,8H,1-2,5,7,14H2,(H,15,16)/t8-/m1/s1. The number of nitrogens with two attached hydrogens (primary N) is 1. The van der Waals surface area contributed by atoms with Gasteiger partial charge in [0.25, 0.3) is 0 Å². The summed E-state index contributed by atoms with van der Waals surface area (Å²) in [5, 5.41) is 1.78. The molecule has 0 amide bonds. The summed E-state index contributed by atoms with van der Waals surface area (Å²) in [7, 11) is 0. The fourth-order valence-electron chi connectivity index (χ4n) is 2.50. The Hall–Kier alpha value is -1.26. The molecule has 1 aliphatic rings. The van der Waals surface area contributed by atoms with Crippen LogP contribution in [0.15, 0.2) is 18.5 Å². The van der Waals surface area contributed by atoms with E-state index in [4.69, 9.17) is 17.3 Å². The first-order valence-corrected chi connectivity index (χ1v) is 6.25. The Morgan fingerprint density at radius 1 is 1.53 bits per heavy atom. The van der Waals surface area contributed by atoms with Crippen LogP contribution in [0.25, 0.3) is 11.0 Å². The van der Waals surface area contributed by atoms with Gasteiger partial charge in [0.15, 0.2) is 0 Å². The second-order valence-electron chi connectivity index (χ2n) is 4.54. The van der Waals surface area contributed by atoms with Gasteiger partial charge in [0.1, 0.15) is 5.65 Å². The number of anilines is 1. The van der Waals surface area contributed by atoms with E-state index in [2.05, 4.69) is 14.9 Å². The zero-order valence-electron chi connectivity index (χ0n) is 9.49. The van der Waals surface area contributed by atoms with Crippen molar-refractivity contribution in [3.8, 4) is 0 Å². The van der Waals surface area contributed by atoms with Gasteiger partial charge in [-0.2, -0.15) is 0 Å². The smallest absolute Gasteiger partial charge is 0.139 e. The number of hydrogen-bond acceptors (Lipinski definition) is 3. The van der Waals surface area contributed by atoms with Gasteiger partial charge in [-0.25, -0.2) is 4.98 Å². The average Bonchev–Trinajstić information content (AvgIpc) is 2.76. The van der Waals surface area contributed by atoms with Gasteiger partial charge in [-0.05, 0) is 18.9 Å². The summed E-state index contributed by atoms with van der Waals surface area (Å²) < 4.78 is 0. The number of nitrogens with zero attached hydrogens (tertiary/aromatic N) is 2. The van der Waals surface area contributed by atoms with Crippen molar-refractivity contribution in [2.24, 2.45) is 5.73 Å². The van der Waals surface area contributed by atoms with E-state index in [1.165, 1.54) is 0 Å². The summed E-state index contributed by atoms with van der Waals surface area (Å²) in [5.41, 5.74) is 7.97. The lowest BCUT2D eigenvalue weighted by atomic mass is 10.1. The summed E-state index contributed by atoms with van der Waals surface area (Å²) in [4.78, 5) is 9.65. The zero-order valence-corrected chi connectivity index (χ0v) is 10.2. The van der Waals surface area contributed by atoms with E-state index in [0.717, 1.165) is 42.7 Å². The fraction of sp³-hybridized carbons (Fsp3) is 0.417. The summed E-state index contributed by atoms with van der Waals surface area (Å²) >= 11 is 6.28. The van der Waals surface area contributed by atoms with Crippen LogP contribution in [0, 0.1) is 0 Å². The van der Waals surface area contributed by atoms with E-state index >= 15 is 0 Å². The molecule has 0 saturated carbocycles. The number of halogens is 1. The van der Waals surface area contributed by atoms with Gasteiger partial charge in [0, 0.05) is 30.7 Å². The van der Waals surface area contributed by atoms with E-state index in [0.29, 0.717) is 5.02 Å². The third-order valence-corrected chi connectivity index (χ3v) is 3.56. The first kappa shape index (κ1) is 10.9. The molecule has 5 heteroatoms. The van der Waals surface area contributed by atoms with E-state index in [9.17, 15) is 0 Å². The second kappa shape index (κ2) is 4.20. The average molecular weight is 251 g/mol. The first-order valence-electron chi connectivity index (χ1n) is 5.88. The van der Waals surface area contributed by atoms with Crippen molar-refractivity contribution >= 4 is 28.3 Å². The molecule has 1 atom stereocenters. The maximum atomic E-state index is 6.28. The molecule has 2 aromatic rings. The lowest BCUT2D eigenvalue weighted by molar-refractivity contribution is 0.507. The molecule has 3 rings (SSSR count). The maximum Gasteiger partial charge on any atom is 0.139 e. The van der Waals surface area contributed by atoms with Gasteiger partial charge < -0.3 is 15.6 Å². The Bertz CT molecular complexity index is 536. The number of rotatable bonds is 1. The van der Waals surface area contributed by atoms with Crippen molar-refractivity contribution < 1.29 is 0 Å². The van der Waals surface area contributed by atoms with Gasteiger partial charge in [-0.15, -0.1) is 0 Å². The highest BCUT2D eigenvalue weighted by Crippen LogP contribution is 2.33. The molecule has 0 aliphatic carbocycles. The molecule has 0 aromatic carbocycles. The summed E-state index contributed by atoms with van der Waals surface area (Å²) in [6.07, 6.45) is 5.80. The van der Waals surface area contributed by atoms with Crippen molar-refractivity contribution in [3.63, 3.8) is 0 Å². The molecular formula is C12H15ClN4. The van der Waals surface area contributed by atoms with Crippen LogP contribution in [-0.4, -0.2) is 29.1 Å². The van der Waals surface area contributed by atoms with Gasteiger partial charge in [-0.3, -0.25) is 0 Å². The number of piperidine rings is 1. The van der Waals surface area contributed by atoms with Gasteiger partial charge in [-0.1, -0.05) is 11.6 Å².